The predicted octanol–water partition coefficient (Wildman–Crippen LogP) is 3.27. The summed E-state index contributed by atoms with van der Waals surface area (Å²) in [4.78, 5) is 24.5. The Morgan fingerprint density at radius 2 is 1.52 bits per heavy atom. The van der Waals surface area contributed by atoms with E-state index in [4.69, 9.17) is 0 Å². The fourth-order valence-corrected chi connectivity index (χ4v) is 4.48. The molecule has 2 saturated carbocycles. The summed E-state index contributed by atoms with van der Waals surface area (Å²) in [6.45, 7) is 2.57. The summed E-state index contributed by atoms with van der Waals surface area (Å²) < 4.78 is -0.358. The number of nitrogens with one attached hydrogen (secondary N) is 2. The minimum Gasteiger partial charge on any atom is -0.351 e. The average Bonchev–Trinajstić information content (AvgIpc) is 3.54. The third kappa shape index (κ3) is 4.00. The number of thioether (sulfide) groups is 2. The van der Waals surface area contributed by atoms with Crippen LogP contribution in [0.15, 0.2) is 24.3 Å². The molecule has 0 heterocycles. The highest BCUT2D eigenvalue weighted by Crippen LogP contribution is 2.48. The Kier molecular flexibility index (Phi) is 5.40. The molecule has 0 unspecified atom stereocenters. The summed E-state index contributed by atoms with van der Waals surface area (Å²) in [7, 11) is 0. The van der Waals surface area contributed by atoms with Crippen LogP contribution in [0.25, 0.3) is 0 Å². The molecule has 2 amide bonds. The minimum atomic E-state index is -0.186. The molecule has 0 aliphatic heterocycles. The Hall–Kier alpha value is -1.14. The fourth-order valence-electron chi connectivity index (χ4n) is 2.95. The first-order valence-electron chi connectivity index (χ1n) is 8.73. The van der Waals surface area contributed by atoms with E-state index in [1.807, 2.05) is 43.7 Å². The van der Waals surface area contributed by atoms with Crippen LogP contribution in [0, 0.1) is 0 Å². The first-order chi connectivity index (χ1) is 11.9. The monoisotopic (exact) mass is 378 g/mol. The lowest BCUT2D eigenvalue weighted by Crippen LogP contribution is -2.35. The van der Waals surface area contributed by atoms with E-state index in [1.165, 1.54) is 0 Å². The maximum absolute atomic E-state index is 12.3. The Morgan fingerprint density at radius 1 is 1.00 bits per heavy atom. The molecule has 0 radical (unpaired) electrons. The van der Waals surface area contributed by atoms with Gasteiger partial charge in [0.2, 0.25) is 11.8 Å². The van der Waals surface area contributed by atoms with E-state index < -0.39 is 0 Å². The third-order valence-electron chi connectivity index (χ3n) is 5.30. The molecule has 0 spiro atoms. The molecule has 0 saturated heterocycles. The van der Waals surface area contributed by atoms with Crippen molar-refractivity contribution < 1.29 is 9.59 Å². The first-order valence-corrected chi connectivity index (χ1v) is 11.2. The van der Waals surface area contributed by atoms with Crippen molar-refractivity contribution in [1.82, 2.24) is 10.6 Å². The zero-order valence-corrected chi connectivity index (χ0v) is 16.7. The van der Waals surface area contributed by atoms with Crippen LogP contribution in [0.5, 0.6) is 0 Å². The highest BCUT2D eigenvalue weighted by Gasteiger charge is 2.50. The van der Waals surface area contributed by atoms with Crippen LogP contribution in [-0.2, 0) is 16.1 Å². The van der Waals surface area contributed by atoms with E-state index in [9.17, 15) is 9.59 Å². The lowest BCUT2D eigenvalue weighted by molar-refractivity contribution is -0.122. The smallest absolute Gasteiger partial charge is 0.236 e. The number of amides is 2. The third-order valence-corrected chi connectivity index (χ3v) is 8.05. The number of benzene rings is 1. The number of hydrogen-bond acceptors (Lipinski definition) is 4. The van der Waals surface area contributed by atoms with Gasteiger partial charge in [-0.15, -0.1) is 23.5 Å². The van der Waals surface area contributed by atoms with Crippen molar-refractivity contribution >= 4 is 35.3 Å². The zero-order valence-electron chi connectivity index (χ0n) is 15.1. The van der Waals surface area contributed by atoms with Gasteiger partial charge in [0.25, 0.3) is 0 Å². The molecule has 136 valence electrons. The molecular weight excluding hydrogens is 352 g/mol. The van der Waals surface area contributed by atoms with E-state index >= 15 is 0 Å². The average molecular weight is 379 g/mol. The molecule has 3 rings (SSSR count). The summed E-state index contributed by atoms with van der Waals surface area (Å²) in [6.07, 6.45) is 7.91. The Morgan fingerprint density at radius 3 is 2.00 bits per heavy atom. The van der Waals surface area contributed by atoms with Gasteiger partial charge in [-0.25, -0.2) is 0 Å². The second-order valence-electron chi connectivity index (χ2n) is 7.02. The van der Waals surface area contributed by atoms with E-state index in [1.54, 1.807) is 23.5 Å². The summed E-state index contributed by atoms with van der Waals surface area (Å²) in [5.74, 6) is 0.298. The summed E-state index contributed by atoms with van der Waals surface area (Å²) in [5.41, 5.74) is 2.17. The summed E-state index contributed by atoms with van der Waals surface area (Å²) in [5, 5.41) is 6.16. The topological polar surface area (TPSA) is 58.2 Å². The van der Waals surface area contributed by atoms with Gasteiger partial charge in [0.15, 0.2) is 0 Å². The molecule has 2 fully saturated rings. The van der Waals surface area contributed by atoms with Crippen molar-refractivity contribution in [3.05, 3.63) is 35.4 Å². The molecule has 2 aliphatic carbocycles. The maximum Gasteiger partial charge on any atom is 0.236 e. The number of rotatable bonds is 8. The fraction of sp³-hybridized carbons (Fsp3) is 0.579. The largest absolute Gasteiger partial charge is 0.351 e. The van der Waals surface area contributed by atoms with Crippen molar-refractivity contribution in [1.29, 1.82) is 0 Å². The lowest BCUT2D eigenvalue weighted by Gasteiger charge is -2.19. The molecule has 0 bridgehead atoms. The van der Waals surface area contributed by atoms with Crippen LogP contribution < -0.4 is 10.6 Å². The van der Waals surface area contributed by atoms with Crippen LogP contribution in [0.3, 0.4) is 0 Å². The number of carbonyl (C=O) groups excluding carboxylic acids is 2. The Balaban J connectivity index is 1.51. The molecule has 1 aromatic rings. The van der Waals surface area contributed by atoms with Gasteiger partial charge in [-0.3, -0.25) is 9.59 Å². The predicted molar refractivity (Wildman–Crippen MR) is 106 cm³/mol. The summed E-state index contributed by atoms with van der Waals surface area (Å²) in [6, 6.07) is 8.11. The van der Waals surface area contributed by atoms with Crippen LogP contribution in [0.2, 0.25) is 0 Å². The van der Waals surface area contributed by atoms with Crippen LogP contribution in [0.4, 0.5) is 0 Å². The number of hydrogen-bond donors (Lipinski definition) is 2. The Bertz CT molecular complexity index is 652. The van der Waals surface area contributed by atoms with E-state index in [-0.39, 0.29) is 27.4 Å². The van der Waals surface area contributed by atoms with Crippen LogP contribution >= 0.6 is 23.5 Å². The van der Waals surface area contributed by atoms with Gasteiger partial charge < -0.3 is 10.6 Å². The second kappa shape index (κ2) is 7.23. The number of carbonyl (C=O) groups is 2. The van der Waals surface area contributed by atoms with Gasteiger partial charge in [-0.05, 0) is 56.2 Å². The van der Waals surface area contributed by atoms with Gasteiger partial charge in [0.05, 0.1) is 15.5 Å². The lowest BCUT2D eigenvalue weighted by atomic mass is 10.1. The van der Waals surface area contributed by atoms with E-state index in [0.717, 1.165) is 36.8 Å². The molecule has 25 heavy (non-hydrogen) atoms. The van der Waals surface area contributed by atoms with Crippen molar-refractivity contribution in [3.8, 4) is 0 Å². The second-order valence-corrected chi connectivity index (χ2v) is 9.40. The normalized spacial score (nSPS) is 20.4. The molecule has 4 nitrogen and oxygen atoms in total. The molecule has 1 atom stereocenters. The van der Waals surface area contributed by atoms with E-state index in [2.05, 4.69) is 10.6 Å². The first kappa shape index (κ1) is 18.6. The van der Waals surface area contributed by atoms with Crippen molar-refractivity contribution in [2.45, 2.75) is 54.7 Å². The molecule has 0 aromatic heterocycles. The summed E-state index contributed by atoms with van der Waals surface area (Å²) >= 11 is 3.30. The van der Waals surface area contributed by atoms with Gasteiger partial charge in [0.1, 0.15) is 0 Å². The van der Waals surface area contributed by atoms with Crippen LogP contribution in [0.1, 0.15) is 49.8 Å². The molecule has 2 N–H and O–H groups in total. The standard InChI is InChI=1S/C19H26N2O2S2/c1-13(21-17(23)19(25-3)10-11-19)15-6-4-14(5-7-15)12-20-16(22)18(24-2)8-9-18/h4-7,13H,8-12H2,1-3H3,(H,20,22)(H,21,23)/t13-/m1/s1. The maximum atomic E-state index is 12.3. The van der Waals surface area contributed by atoms with Gasteiger partial charge >= 0.3 is 0 Å². The quantitative estimate of drug-likeness (QED) is 0.729. The highest BCUT2D eigenvalue weighted by molar-refractivity contribution is 8.01. The Labute approximate surface area is 158 Å². The van der Waals surface area contributed by atoms with Crippen LogP contribution in [-0.4, -0.2) is 33.8 Å². The minimum absolute atomic E-state index is 0.00742. The van der Waals surface area contributed by atoms with Crippen molar-refractivity contribution in [3.63, 3.8) is 0 Å². The highest BCUT2D eigenvalue weighted by atomic mass is 32.2. The SMILES string of the molecule is CSC1(C(=O)NCc2ccc([C@@H](C)NC(=O)C3(SC)CC3)cc2)CC1. The van der Waals surface area contributed by atoms with E-state index in [0.29, 0.717) is 6.54 Å². The molecule has 2 aliphatic rings. The van der Waals surface area contributed by atoms with Gasteiger partial charge in [-0.1, -0.05) is 24.3 Å². The molecule has 6 heteroatoms. The zero-order chi connectivity index (χ0) is 18.1. The molecular formula is C19H26N2O2S2. The van der Waals surface area contributed by atoms with Gasteiger partial charge in [0, 0.05) is 6.54 Å². The van der Waals surface area contributed by atoms with Crippen molar-refractivity contribution in [2.24, 2.45) is 0 Å². The van der Waals surface area contributed by atoms with Crippen molar-refractivity contribution in [2.75, 3.05) is 12.5 Å². The van der Waals surface area contributed by atoms with Gasteiger partial charge in [-0.2, -0.15) is 0 Å². The molecule has 1 aromatic carbocycles.